The Labute approximate surface area is 294 Å². The van der Waals surface area contributed by atoms with Crippen LogP contribution in [0.5, 0.6) is 0 Å². The smallest absolute Gasteiger partial charge is 0.0638 e. The van der Waals surface area contributed by atoms with E-state index in [2.05, 4.69) is 190 Å². The average Bonchev–Trinajstić information content (AvgIpc) is 3.14. The van der Waals surface area contributed by atoms with Crippen molar-refractivity contribution in [2.24, 2.45) is 0 Å². The summed E-state index contributed by atoms with van der Waals surface area (Å²) in [5.41, 5.74) is 12.3. The Balaban J connectivity index is 1.46. The summed E-state index contributed by atoms with van der Waals surface area (Å²) in [7, 11) is 0. The van der Waals surface area contributed by atoms with E-state index >= 15 is 0 Å². The zero-order chi connectivity index (χ0) is 34.3. The van der Waals surface area contributed by atoms with Gasteiger partial charge in [0.05, 0.1) is 39.7 Å². The molecule has 0 saturated heterocycles. The highest BCUT2D eigenvalue weighted by Crippen LogP contribution is 2.40. The fraction of sp³-hybridized carbons (Fsp3) is 0.239. The molecule has 0 atom stereocenters. The molecule has 0 fully saturated rings. The van der Waals surface area contributed by atoms with Crippen molar-refractivity contribution in [3.05, 3.63) is 167 Å². The molecule has 0 aromatic heterocycles. The van der Waals surface area contributed by atoms with Gasteiger partial charge in [-0.05, 0) is 137 Å². The lowest BCUT2D eigenvalue weighted by molar-refractivity contribution is 0.672. The highest BCUT2D eigenvalue weighted by Gasteiger charge is 2.27. The Hall–Kier alpha value is -5.15. The summed E-state index contributed by atoms with van der Waals surface area (Å²) < 4.78 is 0. The van der Waals surface area contributed by atoms with Crippen molar-refractivity contribution in [2.45, 2.75) is 60.4 Å². The maximum absolute atomic E-state index is 3.84. The molecular weight excluding hydrogens is 595 g/mol. The summed E-state index contributed by atoms with van der Waals surface area (Å²) in [6, 6.07) is 49.5. The van der Waals surface area contributed by atoms with Crippen LogP contribution in [0.15, 0.2) is 133 Å². The van der Waals surface area contributed by atoms with Gasteiger partial charge in [-0.25, -0.2) is 0 Å². The van der Waals surface area contributed by atoms with E-state index in [4.69, 9.17) is 0 Å². The number of benzene rings is 6. The summed E-state index contributed by atoms with van der Waals surface area (Å²) in [4.78, 5) is 4.79. The van der Waals surface area contributed by atoms with Gasteiger partial charge in [-0.3, -0.25) is 0 Å². The minimum atomic E-state index is 0.447. The lowest BCUT2D eigenvalue weighted by Crippen LogP contribution is -2.18. The Morgan fingerprint density at radius 3 is 1.41 bits per heavy atom. The Morgan fingerprint density at radius 2 is 0.959 bits per heavy atom. The zero-order valence-electron chi connectivity index (χ0n) is 30.0. The van der Waals surface area contributed by atoms with Crippen LogP contribution in [0.4, 0.5) is 28.4 Å². The fourth-order valence-electron chi connectivity index (χ4n) is 7.17. The molecule has 0 amide bonds. The van der Waals surface area contributed by atoms with Gasteiger partial charge < -0.3 is 15.1 Å². The molecule has 0 spiro atoms. The standard InChI is InChI=1S/C46H50N3/c1-7-37(8-2)47-43-32-31-42(40-19-13-14-20-41(40)43)46(35-23-27-38(28-24-35)48(9-3)44-21-15-11-17-33(44)5)36-25-29-39(30-26-36)49(10-4)45-22-16-12-18-34(45)6/h11-32,37,47H,7-10H2,1-6H3/q+1. The molecule has 49 heavy (non-hydrogen) atoms. The first-order valence-corrected chi connectivity index (χ1v) is 18.0. The second-order valence-electron chi connectivity index (χ2n) is 12.9. The number of para-hydroxylation sites is 2. The van der Waals surface area contributed by atoms with Crippen molar-refractivity contribution in [3.8, 4) is 0 Å². The van der Waals surface area contributed by atoms with Gasteiger partial charge in [0, 0.05) is 41.3 Å². The van der Waals surface area contributed by atoms with E-state index in [0.717, 1.165) is 25.9 Å². The number of anilines is 5. The molecular formula is C46H50N3+. The van der Waals surface area contributed by atoms with Crippen molar-refractivity contribution in [3.63, 3.8) is 0 Å². The molecule has 6 aromatic carbocycles. The van der Waals surface area contributed by atoms with Crippen molar-refractivity contribution in [1.82, 2.24) is 0 Å². The predicted molar refractivity (Wildman–Crippen MR) is 213 cm³/mol. The summed E-state index contributed by atoms with van der Waals surface area (Å²) >= 11 is 0. The van der Waals surface area contributed by atoms with Gasteiger partial charge in [0.2, 0.25) is 0 Å². The second-order valence-corrected chi connectivity index (χ2v) is 12.9. The summed E-state index contributed by atoms with van der Waals surface area (Å²) in [6.45, 7) is 15.1. The Kier molecular flexibility index (Phi) is 10.6. The molecule has 0 aliphatic rings. The van der Waals surface area contributed by atoms with E-state index in [1.807, 2.05) is 0 Å². The van der Waals surface area contributed by atoms with Gasteiger partial charge in [-0.1, -0.05) is 62.4 Å². The largest absolute Gasteiger partial charge is 0.381 e. The van der Waals surface area contributed by atoms with E-state index in [-0.39, 0.29) is 0 Å². The molecule has 0 unspecified atom stereocenters. The highest BCUT2D eigenvalue weighted by molar-refractivity contribution is 5.98. The number of fused-ring (bicyclic) bond motifs is 1. The zero-order valence-corrected chi connectivity index (χ0v) is 30.0. The first kappa shape index (κ1) is 33.7. The fourth-order valence-corrected chi connectivity index (χ4v) is 7.17. The quantitative estimate of drug-likeness (QED) is 0.0997. The lowest BCUT2D eigenvalue weighted by Gasteiger charge is -2.26. The molecule has 6 aromatic rings. The highest BCUT2D eigenvalue weighted by atomic mass is 15.1. The van der Waals surface area contributed by atoms with Crippen molar-refractivity contribution in [1.29, 1.82) is 0 Å². The molecule has 3 nitrogen and oxygen atoms in total. The van der Waals surface area contributed by atoms with Crippen LogP contribution >= 0.6 is 0 Å². The first-order chi connectivity index (χ1) is 24.0. The monoisotopic (exact) mass is 644 g/mol. The molecule has 248 valence electrons. The number of rotatable bonds is 13. The first-order valence-electron chi connectivity index (χ1n) is 18.0. The van der Waals surface area contributed by atoms with E-state index in [9.17, 15) is 0 Å². The molecule has 0 heterocycles. The number of aryl methyl sites for hydroxylation is 2. The Bertz CT molecular complexity index is 1870. The lowest BCUT2D eigenvalue weighted by atomic mass is 9.82. The van der Waals surface area contributed by atoms with E-state index < -0.39 is 0 Å². The third-order valence-electron chi connectivity index (χ3n) is 9.92. The normalized spacial score (nSPS) is 11.2. The third kappa shape index (κ3) is 7.03. The van der Waals surface area contributed by atoms with Gasteiger partial charge >= 0.3 is 0 Å². The van der Waals surface area contributed by atoms with Crippen LogP contribution in [0.25, 0.3) is 10.8 Å². The van der Waals surface area contributed by atoms with E-state index in [1.165, 1.54) is 72.9 Å². The van der Waals surface area contributed by atoms with Crippen LogP contribution in [-0.2, 0) is 0 Å². The molecule has 3 heteroatoms. The topological polar surface area (TPSA) is 18.5 Å². The van der Waals surface area contributed by atoms with Crippen molar-refractivity contribution in [2.75, 3.05) is 28.2 Å². The molecule has 1 N–H and O–H groups in total. The van der Waals surface area contributed by atoms with Crippen molar-refractivity contribution < 1.29 is 0 Å². The van der Waals surface area contributed by atoms with Gasteiger partial charge in [0.1, 0.15) is 0 Å². The molecule has 6 rings (SSSR count). The van der Waals surface area contributed by atoms with Crippen LogP contribution in [0.2, 0.25) is 0 Å². The second kappa shape index (κ2) is 15.4. The maximum atomic E-state index is 3.84. The van der Waals surface area contributed by atoms with Gasteiger partial charge in [-0.2, -0.15) is 0 Å². The minimum absolute atomic E-state index is 0.447. The maximum Gasteiger partial charge on any atom is 0.0638 e. The third-order valence-corrected chi connectivity index (χ3v) is 9.92. The van der Waals surface area contributed by atoms with Crippen LogP contribution in [0.1, 0.15) is 68.4 Å². The summed E-state index contributed by atoms with van der Waals surface area (Å²) in [6.07, 6.45) is 2.19. The molecule has 0 radical (unpaired) electrons. The molecule has 0 aliphatic carbocycles. The number of nitrogens with zero attached hydrogens (tertiary/aromatic N) is 2. The van der Waals surface area contributed by atoms with Crippen LogP contribution < -0.4 is 15.1 Å². The van der Waals surface area contributed by atoms with Gasteiger partial charge in [0.25, 0.3) is 0 Å². The number of hydrogen-bond donors (Lipinski definition) is 1. The molecule has 0 saturated carbocycles. The SMILES string of the molecule is CCC(CC)Nc1ccc([C+](c2ccc(N(CC)c3ccccc3C)cc2)c2ccc(N(CC)c3ccccc3C)cc2)c2ccccc12. The van der Waals surface area contributed by atoms with E-state index in [1.54, 1.807) is 0 Å². The summed E-state index contributed by atoms with van der Waals surface area (Å²) in [5.74, 6) is 1.24. The van der Waals surface area contributed by atoms with Gasteiger partial charge in [0.15, 0.2) is 0 Å². The minimum Gasteiger partial charge on any atom is -0.381 e. The van der Waals surface area contributed by atoms with Crippen LogP contribution in [0, 0.1) is 19.8 Å². The van der Waals surface area contributed by atoms with Crippen LogP contribution in [-0.4, -0.2) is 19.1 Å². The van der Waals surface area contributed by atoms with Crippen molar-refractivity contribution >= 4 is 39.2 Å². The predicted octanol–water partition coefficient (Wildman–Crippen LogP) is 12.4. The van der Waals surface area contributed by atoms with E-state index in [0.29, 0.717) is 6.04 Å². The molecule has 0 bridgehead atoms. The molecule has 0 aliphatic heterocycles. The number of nitrogens with one attached hydrogen (secondary N) is 1. The number of hydrogen-bond acceptors (Lipinski definition) is 3. The van der Waals surface area contributed by atoms with Gasteiger partial charge in [-0.15, -0.1) is 0 Å². The average molecular weight is 645 g/mol. The van der Waals surface area contributed by atoms with Crippen LogP contribution in [0.3, 0.4) is 0 Å². The Morgan fingerprint density at radius 1 is 0.510 bits per heavy atom. The summed E-state index contributed by atoms with van der Waals surface area (Å²) in [5, 5.41) is 6.35.